The van der Waals surface area contributed by atoms with Crippen LogP contribution in [-0.2, 0) is 0 Å². The van der Waals surface area contributed by atoms with Crippen molar-refractivity contribution in [1.82, 2.24) is 5.32 Å². The molecule has 0 aromatic carbocycles. The summed E-state index contributed by atoms with van der Waals surface area (Å²) in [6.07, 6.45) is 0. The van der Waals surface area contributed by atoms with Crippen LogP contribution in [0, 0.1) is 0 Å². The van der Waals surface area contributed by atoms with Gasteiger partial charge in [-0.3, -0.25) is 9.79 Å². The van der Waals surface area contributed by atoms with E-state index in [1.807, 2.05) is 6.92 Å². The quantitative estimate of drug-likeness (QED) is 0.527. The van der Waals surface area contributed by atoms with Crippen LogP contribution in [0.15, 0.2) is 4.99 Å². The van der Waals surface area contributed by atoms with E-state index in [2.05, 4.69) is 10.3 Å². The Morgan fingerprint density at radius 1 is 1.88 bits per heavy atom. The van der Waals surface area contributed by atoms with Crippen LogP contribution in [0.2, 0.25) is 0 Å². The summed E-state index contributed by atoms with van der Waals surface area (Å²) in [5, 5.41) is 3.39. The fraction of sp³-hybridized carbons (Fsp3) is 0.500. The Hall–Kier alpha value is -0.510. The molecule has 0 aromatic rings. The van der Waals surface area contributed by atoms with Crippen molar-refractivity contribution in [1.29, 1.82) is 0 Å². The molecule has 1 aliphatic rings. The minimum atomic E-state index is -0.00231. The highest BCUT2D eigenvalue weighted by molar-refractivity contribution is 8.26. The van der Waals surface area contributed by atoms with Crippen molar-refractivity contribution in [3.8, 4) is 0 Å². The molecule has 44 valence electrons. The molecule has 0 saturated carbocycles. The van der Waals surface area contributed by atoms with Crippen molar-refractivity contribution in [3.63, 3.8) is 0 Å². The normalized spacial score (nSPS) is 19.6. The minimum absolute atomic E-state index is 0.00231. The fourth-order valence-corrected chi connectivity index (χ4v) is 0.952. The monoisotopic (exact) mass is 130 g/mol. The Labute approximate surface area is 51.6 Å². The third kappa shape index (κ3) is 1.23. The molecule has 0 atom stereocenters. The standard InChI is InChI=1S/C4H6N2OS/c1-3-5-2-6-4(7)8-3/h2H2,1H3,(H,6,7). The molecule has 1 heterocycles. The summed E-state index contributed by atoms with van der Waals surface area (Å²) < 4.78 is 0. The second-order valence-corrected chi connectivity index (χ2v) is 2.57. The van der Waals surface area contributed by atoms with Gasteiger partial charge in [0.2, 0.25) is 0 Å². The maximum Gasteiger partial charge on any atom is 0.286 e. The predicted molar refractivity (Wildman–Crippen MR) is 34.1 cm³/mol. The number of hydrogen-bond donors (Lipinski definition) is 1. The van der Waals surface area contributed by atoms with Gasteiger partial charge in [0.05, 0.1) is 5.04 Å². The molecule has 1 aliphatic heterocycles. The van der Waals surface area contributed by atoms with Crippen LogP contribution in [0.4, 0.5) is 4.79 Å². The van der Waals surface area contributed by atoms with Gasteiger partial charge in [0, 0.05) is 0 Å². The fourth-order valence-electron chi connectivity index (χ4n) is 0.418. The average molecular weight is 130 g/mol. The molecule has 8 heavy (non-hydrogen) atoms. The number of hydrogen-bond acceptors (Lipinski definition) is 3. The van der Waals surface area contributed by atoms with E-state index in [9.17, 15) is 4.79 Å². The summed E-state index contributed by atoms with van der Waals surface area (Å²) >= 11 is 1.14. The molecule has 4 heteroatoms. The van der Waals surface area contributed by atoms with Crippen LogP contribution in [0.25, 0.3) is 0 Å². The third-order valence-corrected chi connectivity index (χ3v) is 1.52. The highest BCUT2D eigenvalue weighted by Gasteiger charge is 2.06. The Morgan fingerprint density at radius 2 is 2.62 bits per heavy atom. The van der Waals surface area contributed by atoms with E-state index in [-0.39, 0.29) is 5.24 Å². The summed E-state index contributed by atoms with van der Waals surface area (Å²) in [6, 6.07) is 0. The Balaban J connectivity index is 2.57. The van der Waals surface area contributed by atoms with Gasteiger partial charge in [0.1, 0.15) is 6.67 Å². The first-order chi connectivity index (χ1) is 3.79. The highest BCUT2D eigenvalue weighted by Crippen LogP contribution is 2.07. The van der Waals surface area contributed by atoms with Gasteiger partial charge in [-0.15, -0.1) is 0 Å². The zero-order chi connectivity index (χ0) is 5.98. The van der Waals surface area contributed by atoms with Gasteiger partial charge >= 0.3 is 0 Å². The molecule has 1 rings (SSSR count). The van der Waals surface area contributed by atoms with E-state index >= 15 is 0 Å². The Kier molecular flexibility index (Phi) is 1.53. The van der Waals surface area contributed by atoms with Crippen molar-refractivity contribution in [2.45, 2.75) is 6.92 Å². The van der Waals surface area contributed by atoms with Gasteiger partial charge in [-0.25, -0.2) is 0 Å². The number of aliphatic imine (C=N–C) groups is 1. The van der Waals surface area contributed by atoms with Crippen LogP contribution in [-0.4, -0.2) is 17.0 Å². The lowest BCUT2D eigenvalue weighted by molar-refractivity contribution is 0.261. The topological polar surface area (TPSA) is 41.5 Å². The van der Waals surface area contributed by atoms with Crippen molar-refractivity contribution in [2.75, 3.05) is 6.67 Å². The molecule has 0 aliphatic carbocycles. The predicted octanol–water partition coefficient (Wildman–Crippen LogP) is 0.819. The van der Waals surface area contributed by atoms with Crippen LogP contribution in [0.5, 0.6) is 0 Å². The van der Waals surface area contributed by atoms with E-state index in [4.69, 9.17) is 0 Å². The molecule has 0 radical (unpaired) electrons. The zero-order valence-electron chi connectivity index (χ0n) is 4.47. The number of carbonyl (C=O) groups excluding carboxylic acids is 1. The summed E-state index contributed by atoms with van der Waals surface area (Å²) in [5.74, 6) is 0. The maximum absolute atomic E-state index is 10.4. The largest absolute Gasteiger partial charge is 0.327 e. The zero-order valence-corrected chi connectivity index (χ0v) is 5.29. The highest BCUT2D eigenvalue weighted by atomic mass is 32.2. The average Bonchev–Trinajstić information content (AvgIpc) is 1.64. The van der Waals surface area contributed by atoms with Gasteiger partial charge in [-0.2, -0.15) is 0 Å². The molecule has 3 nitrogen and oxygen atoms in total. The molecule has 0 unspecified atom stereocenters. The first kappa shape index (κ1) is 5.62. The smallest absolute Gasteiger partial charge is 0.286 e. The number of nitrogens with one attached hydrogen (secondary N) is 1. The lowest BCUT2D eigenvalue weighted by atomic mass is 10.8. The molecule has 1 amide bonds. The molecular weight excluding hydrogens is 124 g/mol. The Morgan fingerprint density at radius 3 is 3.00 bits per heavy atom. The van der Waals surface area contributed by atoms with Gasteiger partial charge in [-0.1, -0.05) is 0 Å². The van der Waals surface area contributed by atoms with Crippen LogP contribution >= 0.6 is 11.8 Å². The number of amides is 1. The van der Waals surface area contributed by atoms with Gasteiger partial charge in [0.15, 0.2) is 0 Å². The van der Waals surface area contributed by atoms with Gasteiger partial charge < -0.3 is 5.32 Å². The van der Waals surface area contributed by atoms with Crippen LogP contribution < -0.4 is 5.32 Å². The number of rotatable bonds is 0. The van der Waals surface area contributed by atoms with Gasteiger partial charge in [-0.05, 0) is 18.7 Å². The molecule has 0 aromatic heterocycles. The van der Waals surface area contributed by atoms with Crippen molar-refractivity contribution in [3.05, 3.63) is 0 Å². The van der Waals surface area contributed by atoms with Crippen LogP contribution in [0.3, 0.4) is 0 Å². The van der Waals surface area contributed by atoms with E-state index in [0.29, 0.717) is 6.67 Å². The minimum Gasteiger partial charge on any atom is -0.327 e. The lowest BCUT2D eigenvalue weighted by Crippen LogP contribution is -2.24. The summed E-state index contributed by atoms with van der Waals surface area (Å²) in [4.78, 5) is 14.4. The number of thioether (sulfide) groups is 1. The van der Waals surface area contributed by atoms with Gasteiger partial charge in [0.25, 0.3) is 5.24 Å². The second-order valence-electron chi connectivity index (χ2n) is 1.40. The molecule has 0 fully saturated rings. The van der Waals surface area contributed by atoms with E-state index in [0.717, 1.165) is 16.8 Å². The molecule has 0 bridgehead atoms. The Bertz CT molecular complexity index is 143. The number of carbonyl (C=O) groups is 1. The van der Waals surface area contributed by atoms with Crippen molar-refractivity contribution >= 4 is 22.0 Å². The number of nitrogens with zero attached hydrogens (tertiary/aromatic N) is 1. The first-order valence-electron chi connectivity index (χ1n) is 2.26. The first-order valence-corrected chi connectivity index (χ1v) is 3.07. The van der Waals surface area contributed by atoms with E-state index in [1.165, 1.54) is 0 Å². The lowest BCUT2D eigenvalue weighted by Gasteiger charge is -2.06. The van der Waals surface area contributed by atoms with Crippen molar-refractivity contribution < 1.29 is 4.79 Å². The molecule has 1 N–H and O–H groups in total. The van der Waals surface area contributed by atoms with Crippen molar-refractivity contribution in [2.24, 2.45) is 4.99 Å². The van der Waals surface area contributed by atoms with E-state index < -0.39 is 0 Å². The van der Waals surface area contributed by atoms with E-state index in [1.54, 1.807) is 0 Å². The van der Waals surface area contributed by atoms with Crippen LogP contribution in [0.1, 0.15) is 6.92 Å². The molecule has 0 spiro atoms. The molecular formula is C4H6N2OS. The molecule has 0 saturated heterocycles. The maximum atomic E-state index is 10.4. The second kappa shape index (κ2) is 2.17. The summed E-state index contributed by atoms with van der Waals surface area (Å²) in [7, 11) is 0. The SMILES string of the molecule is CC1=NCNC(=O)S1. The summed E-state index contributed by atoms with van der Waals surface area (Å²) in [5.41, 5.74) is 0. The third-order valence-electron chi connectivity index (χ3n) is 0.766. The summed E-state index contributed by atoms with van der Waals surface area (Å²) in [6.45, 7) is 2.26.